The van der Waals surface area contributed by atoms with Gasteiger partial charge in [0.2, 0.25) is 5.91 Å². The number of nitrogens with zero attached hydrogens (tertiary/aromatic N) is 3. The second-order valence-electron chi connectivity index (χ2n) is 5.61. The molecule has 1 amide bonds. The number of benzene rings is 1. The molecule has 2 aromatic rings. The fourth-order valence-electron chi connectivity index (χ4n) is 2.50. The van der Waals surface area contributed by atoms with Crippen molar-refractivity contribution in [2.24, 2.45) is 0 Å². The molecule has 134 valence electrons. The average Bonchev–Trinajstić information content (AvgIpc) is 2.43. The van der Waals surface area contributed by atoms with Crippen molar-refractivity contribution in [2.75, 3.05) is 18.4 Å². The first kappa shape index (κ1) is 17.2. The van der Waals surface area contributed by atoms with Crippen LogP contribution in [0.3, 0.4) is 0 Å². The molecule has 1 aromatic heterocycles. The Morgan fingerprint density at radius 1 is 1.32 bits per heavy atom. The SMILES string of the molecule is C[C@@H](Nc1ncnc2cc(OC(F)(F)F)cc(F)c12)C(=O)N1CCC1. The number of rotatable bonds is 4. The third-order valence-electron chi connectivity index (χ3n) is 3.79. The highest BCUT2D eigenvalue weighted by atomic mass is 19.4. The maximum absolute atomic E-state index is 14.3. The molecule has 0 spiro atoms. The number of aromatic nitrogens is 2. The largest absolute Gasteiger partial charge is 0.573 e. The number of carbonyl (C=O) groups excluding carboxylic acids is 1. The van der Waals surface area contributed by atoms with E-state index in [0.717, 1.165) is 18.8 Å². The van der Waals surface area contributed by atoms with Gasteiger partial charge in [0.15, 0.2) is 0 Å². The molecule has 1 atom stereocenters. The number of hydrogen-bond donors (Lipinski definition) is 1. The Labute approximate surface area is 139 Å². The van der Waals surface area contributed by atoms with Crippen LogP contribution >= 0.6 is 0 Å². The fourth-order valence-corrected chi connectivity index (χ4v) is 2.50. The third-order valence-corrected chi connectivity index (χ3v) is 3.79. The highest BCUT2D eigenvalue weighted by molar-refractivity contribution is 5.93. The maximum atomic E-state index is 14.3. The molecular weight excluding hydrogens is 344 g/mol. The molecule has 1 fully saturated rings. The molecule has 6 nitrogen and oxygen atoms in total. The molecule has 1 saturated heterocycles. The van der Waals surface area contributed by atoms with E-state index < -0.39 is 24.0 Å². The summed E-state index contributed by atoms with van der Waals surface area (Å²) in [6.07, 6.45) is -2.93. The van der Waals surface area contributed by atoms with Crippen molar-refractivity contribution in [3.8, 4) is 5.75 Å². The molecule has 2 heterocycles. The Balaban J connectivity index is 1.89. The molecule has 0 bridgehead atoms. The van der Waals surface area contributed by atoms with Gasteiger partial charge in [-0.25, -0.2) is 14.4 Å². The smallest absolute Gasteiger partial charge is 0.406 e. The number of nitrogens with one attached hydrogen (secondary N) is 1. The average molecular weight is 358 g/mol. The molecular formula is C15H14F4N4O2. The molecule has 1 aliphatic rings. The quantitative estimate of drug-likeness (QED) is 0.852. The topological polar surface area (TPSA) is 67.4 Å². The second-order valence-corrected chi connectivity index (χ2v) is 5.61. The fraction of sp³-hybridized carbons (Fsp3) is 0.400. The van der Waals surface area contributed by atoms with Crippen molar-refractivity contribution < 1.29 is 27.1 Å². The Bertz CT molecular complexity index is 808. The highest BCUT2D eigenvalue weighted by Gasteiger charge is 2.32. The van der Waals surface area contributed by atoms with Gasteiger partial charge in [-0.1, -0.05) is 0 Å². The zero-order chi connectivity index (χ0) is 18.2. The molecule has 0 radical (unpaired) electrons. The van der Waals surface area contributed by atoms with Crippen molar-refractivity contribution in [2.45, 2.75) is 25.7 Å². The van der Waals surface area contributed by atoms with Gasteiger partial charge in [-0.05, 0) is 13.3 Å². The number of carbonyl (C=O) groups is 1. The molecule has 1 aliphatic heterocycles. The lowest BCUT2D eigenvalue weighted by molar-refractivity contribution is -0.274. The van der Waals surface area contributed by atoms with Crippen LogP contribution in [0.15, 0.2) is 18.5 Å². The van der Waals surface area contributed by atoms with E-state index >= 15 is 0 Å². The van der Waals surface area contributed by atoms with Gasteiger partial charge in [-0.2, -0.15) is 0 Å². The standard InChI is InChI=1S/C15H14F4N4O2/c1-8(14(24)23-3-2-4-23)22-13-12-10(16)5-9(25-15(17,18)19)6-11(12)20-7-21-13/h5-8H,2-4H2,1H3,(H,20,21,22)/t8-/m1/s1. The van der Waals surface area contributed by atoms with E-state index in [0.29, 0.717) is 19.2 Å². The lowest BCUT2D eigenvalue weighted by Gasteiger charge is -2.33. The number of anilines is 1. The van der Waals surface area contributed by atoms with Gasteiger partial charge in [0, 0.05) is 25.2 Å². The highest BCUT2D eigenvalue weighted by Crippen LogP contribution is 2.30. The van der Waals surface area contributed by atoms with E-state index in [4.69, 9.17) is 0 Å². The third kappa shape index (κ3) is 3.72. The van der Waals surface area contributed by atoms with Gasteiger partial charge in [-0.3, -0.25) is 4.79 Å². The number of alkyl halides is 3. The lowest BCUT2D eigenvalue weighted by atomic mass is 10.1. The maximum Gasteiger partial charge on any atom is 0.573 e. The van der Waals surface area contributed by atoms with Crippen LogP contribution in [0.25, 0.3) is 10.9 Å². The summed E-state index contributed by atoms with van der Waals surface area (Å²) in [4.78, 5) is 21.5. The number of fused-ring (bicyclic) bond motifs is 1. The minimum absolute atomic E-state index is 0.0300. The Hall–Kier alpha value is -2.65. The molecule has 1 aromatic carbocycles. The Morgan fingerprint density at radius 3 is 2.64 bits per heavy atom. The number of likely N-dealkylation sites (tertiary alicyclic amines) is 1. The molecule has 3 rings (SSSR count). The van der Waals surface area contributed by atoms with Gasteiger partial charge < -0.3 is 15.0 Å². The van der Waals surface area contributed by atoms with Crippen LogP contribution in [0.5, 0.6) is 5.75 Å². The van der Waals surface area contributed by atoms with Crippen molar-refractivity contribution in [3.63, 3.8) is 0 Å². The van der Waals surface area contributed by atoms with Crippen LogP contribution in [-0.2, 0) is 4.79 Å². The van der Waals surface area contributed by atoms with Crippen molar-refractivity contribution in [1.29, 1.82) is 0 Å². The van der Waals surface area contributed by atoms with E-state index in [1.165, 1.54) is 0 Å². The first-order valence-corrected chi connectivity index (χ1v) is 7.50. The lowest BCUT2D eigenvalue weighted by Crippen LogP contribution is -2.48. The summed E-state index contributed by atoms with van der Waals surface area (Å²) < 4.78 is 54.9. The molecule has 1 N–H and O–H groups in total. The van der Waals surface area contributed by atoms with Crippen LogP contribution < -0.4 is 10.1 Å². The summed E-state index contributed by atoms with van der Waals surface area (Å²) in [5, 5.41) is 2.69. The van der Waals surface area contributed by atoms with E-state index in [9.17, 15) is 22.4 Å². The van der Waals surface area contributed by atoms with Gasteiger partial charge in [0.05, 0.1) is 10.9 Å². The summed E-state index contributed by atoms with van der Waals surface area (Å²) >= 11 is 0. The van der Waals surface area contributed by atoms with Gasteiger partial charge in [-0.15, -0.1) is 13.2 Å². The zero-order valence-corrected chi connectivity index (χ0v) is 13.1. The van der Waals surface area contributed by atoms with E-state index in [-0.39, 0.29) is 22.6 Å². The molecule has 0 saturated carbocycles. The summed E-state index contributed by atoms with van der Waals surface area (Å²) in [6, 6.07) is 0.899. The van der Waals surface area contributed by atoms with Gasteiger partial charge in [0.1, 0.15) is 29.8 Å². The molecule has 25 heavy (non-hydrogen) atoms. The summed E-state index contributed by atoms with van der Waals surface area (Å²) in [6.45, 7) is 2.94. The first-order chi connectivity index (χ1) is 11.7. The molecule has 10 heteroatoms. The van der Waals surface area contributed by atoms with Crippen molar-refractivity contribution in [1.82, 2.24) is 14.9 Å². The van der Waals surface area contributed by atoms with Crippen LogP contribution in [0.2, 0.25) is 0 Å². The van der Waals surface area contributed by atoms with Crippen LogP contribution in [-0.4, -0.2) is 46.3 Å². The van der Waals surface area contributed by atoms with E-state index in [1.54, 1.807) is 11.8 Å². The van der Waals surface area contributed by atoms with Gasteiger partial charge >= 0.3 is 6.36 Å². The minimum Gasteiger partial charge on any atom is -0.406 e. The van der Waals surface area contributed by atoms with Crippen LogP contribution in [0.4, 0.5) is 23.4 Å². The van der Waals surface area contributed by atoms with Crippen molar-refractivity contribution >= 4 is 22.6 Å². The first-order valence-electron chi connectivity index (χ1n) is 7.50. The second kappa shape index (κ2) is 6.34. The summed E-state index contributed by atoms with van der Waals surface area (Å²) in [5.74, 6) is -1.83. The molecule has 0 unspecified atom stereocenters. The number of halogens is 4. The normalized spacial score (nSPS) is 15.6. The predicted octanol–water partition coefficient (Wildman–Crippen LogP) is 2.70. The number of ether oxygens (including phenoxy) is 1. The van der Waals surface area contributed by atoms with Crippen LogP contribution in [0.1, 0.15) is 13.3 Å². The van der Waals surface area contributed by atoms with Crippen molar-refractivity contribution in [3.05, 3.63) is 24.3 Å². The number of hydrogen-bond acceptors (Lipinski definition) is 5. The molecule has 0 aliphatic carbocycles. The summed E-state index contributed by atoms with van der Waals surface area (Å²) in [7, 11) is 0. The van der Waals surface area contributed by atoms with Crippen LogP contribution in [0, 0.1) is 5.82 Å². The van der Waals surface area contributed by atoms with Gasteiger partial charge in [0.25, 0.3) is 0 Å². The Morgan fingerprint density at radius 2 is 2.04 bits per heavy atom. The monoisotopic (exact) mass is 358 g/mol. The number of amides is 1. The zero-order valence-electron chi connectivity index (χ0n) is 13.1. The predicted molar refractivity (Wildman–Crippen MR) is 80.5 cm³/mol. The Kier molecular flexibility index (Phi) is 4.36. The summed E-state index contributed by atoms with van der Waals surface area (Å²) in [5.41, 5.74) is -0.0691. The minimum atomic E-state index is -4.94. The van der Waals surface area contributed by atoms with E-state index in [1.807, 2.05) is 0 Å². The van der Waals surface area contributed by atoms with E-state index in [2.05, 4.69) is 20.0 Å².